The van der Waals surface area contributed by atoms with Gasteiger partial charge in [-0.05, 0) is 55.2 Å². The first-order valence-corrected chi connectivity index (χ1v) is 10.7. The highest BCUT2D eigenvalue weighted by Crippen LogP contribution is 2.28. The third kappa shape index (κ3) is 5.12. The Labute approximate surface area is 169 Å². The van der Waals surface area contributed by atoms with Crippen molar-refractivity contribution in [1.82, 2.24) is 15.6 Å². The summed E-state index contributed by atoms with van der Waals surface area (Å²) in [5.41, 5.74) is 6.19. The quantitative estimate of drug-likeness (QED) is 0.594. The van der Waals surface area contributed by atoms with Crippen molar-refractivity contribution in [1.29, 1.82) is 0 Å². The van der Waals surface area contributed by atoms with Crippen molar-refractivity contribution in [2.75, 3.05) is 7.11 Å². The van der Waals surface area contributed by atoms with E-state index in [4.69, 9.17) is 4.74 Å². The number of benzene rings is 2. The molecule has 9 heteroatoms. The zero-order valence-corrected chi connectivity index (χ0v) is 17.0. The van der Waals surface area contributed by atoms with E-state index in [9.17, 15) is 18.0 Å². The highest BCUT2D eigenvalue weighted by molar-refractivity contribution is 7.89. The first kappa shape index (κ1) is 20.8. The predicted molar refractivity (Wildman–Crippen MR) is 107 cm³/mol. The summed E-state index contributed by atoms with van der Waals surface area (Å²) in [7, 11) is -2.46. The van der Waals surface area contributed by atoms with Crippen LogP contribution in [0.1, 0.15) is 46.0 Å². The van der Waals surface area contributed by atoms with Crippen molar-refractivity contribution in [3.63, 3.8) is 0 Å². The topological polar surface area (TPSA) is 114 Å². The highest BCUT2D eigenvalue weighted by Gasteiger charge is 2.30. The minimum Gasteiger partial charge on any atom is -0.495 e. The molecule has 3 N–H and O–H groups in total. The van der Waals surface area contributed by atoms with Gasteiger partial charge in [-0.15, -0.1) is 0 Å². The molecule has 0 aromatic heterocycles. The Balaban J connectivity index is 1.71. The number of hydrogen-bond acceptors (Lipinski definition) is 5. The van der Waals surface area contributed by atoms with Crippen LogP contribution in [0.15, 0.2) is 47.4 Å². The second-order valence-corrected chi connectivity index (χ2v) is 8.40. The molecule has 154 valence electrons. The SMILES string of the molecule is CCc1ccc(C(=O)NNC(=O)c2ccc(OC)c(S(=O)(=O)NC3CC3)c2)cc1. The molecule has 2 amide bonds. The molecule has 2 aromatic carbocycles. The number of aryl methyl sites for hydroxylation is 1. The average Bonchev–Trinajstić information content (AvgIpc) is 3.54. The third-order valence-electron chi connectivity index (χ3n) is 4.53. The summed E-state index contributed by atoms with van der Waals surface area (Å²) in [6.45, 7) is 2.01. The number of rotatable bonds is 7. The zero-order valence-electron chi connectivity index (χ0n) is 16.2. The molecule has 8 nitrogen and oxygen atoms in total. The zero-order chi connectivity index (χ0) is 21.0. The summed E-state index contributed by atoms with van der Waals surface area (Å²) in [5.74, 6) is -0.985. The molecule has 0 atom stereocenters. The lowest BCUT2D eigenvalue weighted by Gasteiger charge is -2.13. The van der Waals surface area contributed by atoms with Crippen LogP contribution < -0.4 is 20.3 Å². The van der Waals surface area contributed by atoms with Gasteiger partial charge in [-0.25, -0.2) is 13.1 Å². The van der Waals surface area contributed by atoms with Crippen LogP contribution >= 0.6 is 0 Å². The monoisotopic (exact) mass is 417 g/mol. The van der Waals surface area contributed by atoms with Gasteiger partial charge in [0, 0.05) is 17.2 Å². The standard InChI is InChI=1S/C20H23N3O5S/c1-3-13-4-6-14(7-5-13)19(24)21-22-20(25)15-8-11-17(28-2)18(12-15)29(26,27)23-16-9-10-16/h4-8,11-12,16,23H,3,9-10H2,1-2H3,(H,21,24)(H,22,25). The Morgan fingerprint density at radius 3 is 2.14 bits per heavy atom. The van der Waals surface area contributed by atoms with Crippen molar-refractivity contribution in [3.05, 3.63) is 59.2 Å². The lowest BCUT2D eigenvalue weighted by Crippen LogP contribution is -2.41. The van der Waals surface area contributed by atoms with Gasteiger partial charge in [-0.2, -0.15) is 0 Å². The van der Waals surface area contributed by atoms with E-state index >= 15 is 0 Å². The van der Waals surface area contributed by atoms with Crippen molar-refractivity contribution < 1.29 is 22.7 Å². The van der Waals surface area contributed by atoms with Crippen molar-refractivity contribution in [2.45, 2.75) is 37.1 Å². The average molecular weight is 417 g/mol. The Morgan fingerprint density at radius 2 is 1.59 bits per heavy atom. The predicted octanol–water partition coefficient (Wildman–Crippen LogP) is 1.77. The molecule has 0 aliphatic heterocycles. The van der Waals surface area contributed by atoms with Gasteiger partial charge in [-0.3, -0.25) is 20.4 Å². The lowest BCUT2D eigenvalue weighted by atomic mass is 10.1. The molecule has 0 heterocycles. The number of sulfonamides is 1. The number of nitrogens with one attached hydrogen (secondary N) is 3. The van der Waals surface area contributed by atoms with Crippen LogP contribution in [0.4, 0.5) is 0 Å². The molecule has 1 fully saturated rings. The molecular formula is C20H23N3O5S. The summed E-state index contributed by atoms with van der Waals surface area (Å²) in [6, 6.07) is 11.0. The van der Waals surface area contributed by atoms with E-state index in [0.29, 0.717) is 5.56 Å². The fourth-order valence-corrected chi connectivity index (χ4v) is 4.16. The Hall–Kier alpha value is -2.91. The molecular weight excluding hydrogens is 394 g/mol. The van der Waals surface area contributed by atoms with Crippen LogP contribution in [0.5, 0.6) is 5.75 Å². The number of hydrogen-bond donors (Lipinski definition) is 3. The maximum absolute atomic E-state index is 12.5. The number of carbonyl (C=O) groups is 2. The Kier molecular flexibility index (Phi) is 6.19. The maximum Gasteiger partial charge on any atom is 0.269 e. The van der Waals surface area contributed by atoms with E-state index in [1.807, 2.05) is 19.1 Å². The molecule has 2 aromatic rings. The van der Waals surface area contributed by atoms with E-state index in [-0.39, 0.29) is 22.3 Å². The van der Waals surface area contributed by atoms with Gasteiger partial charge in [0.15, 0.2) is 0 Å². The van der Waals surface area contributed by atoms with E-state index in [0.717, 1.165) is 24.8 Å². The second-order valence-electron chi connectivity index (χ2n) is 6.72. The van der Waals surface area contributed by atoms with Gasteiger partial charge < -0.3 is 4.74 Å². The fourth-order valence-electron chi connectivity index (χ4n) is 2.66. The normalized spacial score (nSPS) is 13.6. The van der Waals surface area contributed by atoms with Crippen molar-refractivity contribution in [3.8, 4) is 5.75 Å². The molecule has 0 spiro atoms. The summed E-state index contributed by atoms with van der Waals surface area (Å²) < 4.78 is 32.8. The van der Waals surface area contributed by atoms with Gasteiger partial charge in [-0.1, -0.05) is 19.1 Å². The summed E-state index contributed by atoms with van der Waals surface area (Å²) in [6.07, 6.45) is 2.43. The highest BCUT2D eigenvalue weighted by atomic mass is 32.2. The molecule has 0 unspecified atom stereocenters. The Morgan fingerprint density at radius 1 is 1.00 bits per heavy atom. The lowest BCUT2D eigenvalue weighted by molar-refractivity contribution is 0.0846. The number of carbonyl (C=O) groups excluding carboxylic acids is 2. The molecule has 0 radical (unpaired) electrons. The van der Waals surface area contributed by atoms with Gasteiger partial charge in [0.25, 0.3) is 11.8 Å². The van der Waals surface area contributed by atoms with Gasteiger partial charge in [0.1, 0.15) is 10.6 Å². The second kappa shape index (κ2) is 8.62. The minimum absolute atomic E-state index is 0.0728. The first-order valence-electron chi connectivity index (χ1n) is 9.24. The van der Waals surface area contributed by atoms with Crippen LogP contribution in [0.3, 0.4) is 0 Å². The fraction of sp³-hybridized carbons (Fsp3) is 0.300. The minimum atomic E-state index is -3.82. The number of amides is 2. The van der Waals surface area contributed by atoms with Crippen LogP contribution in [-0.4, -0.2) is 33.4 Å². The van der Waals surface area contributed by atoms with E-state index < -0.39 is 21.8 Å². The van der Waals surface area contributed by atoms with E-state index in [1.54, 1.807) is 12.1 Å². The maximum atomic E-state index is 12.5. The molecule has 0 saturated heterocycles. The molecule has 3 rings (SSSR count). The molecule has 0 bridgehead atoms. The number of ether oxygens (including phenoxy) is 1. The Bertz CT molecular complexity index is 1010. The van der Waals surface area contributed by atoms with Crippen LogP contribution in [0.25, 0.3) is 0 Å². The smallest absolute Gasteiger partial charge is 0.269 e. The van der Waals surface area contributed by atoms with E-state index in [2.05, 4.69) is 15.6 Å². The largest absolute Gasteiger partial charge is 0.495 e. The van der Waals surface area contributed by atoms with Gasteiger partial charge in [0.05, 0.1) is 7.11 Å². The van der Waals surface area contributed by atoms with Crippen LogP contribution in [-0.2, 0) is 16.4 Å². The molecule has 1 aliphatic rings. The van der Waals surface area contributed by atoms with Crippen LogP contribution in [0.2, 0.25) is 0 Å². The number of hydrazine groups is 1. The summed E-state index contributed by atoms with van der Waals surface area (Å²) in [4.78, 5) is 24.5. The van der Waals surface area contributed by atoms with Gasteiger partial charge >= 0.3 is 0 Å². The van der Waals surface area contributed by atoms with Crippen molar-refractivity contribution in [2.24, 2.45) is 0 Å². The summed E-state index contributed by atoms with van der Waals surface area (Å²) >= 11 is 0. The van der Waals surface area contributed by atoms with Crippen molar-refractivity contribution >= 4 is 21.8 Å². The van der Waals surface area contributed by atoms with Crippen LogP contribution in [0, 0.1) is 0 Å². The molecule has 1 saturated carbocycles. The molecule has 29 heavy (non-hydrogen) atoms. The third-order valence-corrected chi connectivity index (χ3v) is 6.07. The first-order chi connectivity index (χ1) is 13.8. The van der Waals surface area contributed by atoms with E-state index in [1.165, 1.54) is 25.3 Å². The van der Waals surface area contributed by atoms with Gasteiger partial charge in [0.2, 0.25) is 10.0 Å². The summed E-state index contributed by atoms with van der Waals surface area (Å²) in [5, 5.41) is 0. The molecule has 1 aliphatic carbocycles. The number of methoxy groups -OCH3 is 1.